The summed E-state index contributed by atoms with van der Waals surface area (Å²) in [7, 11) is 0. The van der Waals surface area contributed by atoms with E-state index in [1.54, 1.807) is 0 Å². The molecule has 0 radical (unpaired) electrons. The number of benzene rings is 1. The SMILES string of the molecule is CCN(Cc1ccc(Cl)c(Br)c1)CC1CCCCN1. The number of nitrogens with one attached hydrogen (secondary N) is 1. The molecule has 1 N–H and O–H groups in total. The fraction of sp³-hybridized carbons (Fsp3) is 0.600. The molecule has 0 bridgehead atoms. The summed E-state index contributed by atoms with van der Waals surface area (Å²) in [4.78, 5) is 2.50. The number of piperidine rings is 1. The Morgan fingerprint density at radius 1 is 1.42 bits per heavy atom. The van der Waals surface area contributed by atoms with Crippen LogP contribution in [0.4, 0.5) is 0 Å². The molecule has 0 aromatic heterocycles. The molecule has 1 aromatic carbocycles. The molecule has 2 nitrogen and oxygen atoms in total. The molecule has 4 heteroatoms. The predicted octanol–water partition coefficient (Wildman–Crippen LogP) is 4.07. The lowest BCUT2D eigenvalue weighted by molar-refractivity contribution is 0.226. The summed E-state index contributed by atoms with van der Waals surface area (Å²) in [5, 5.41) is 4.40. The molecule has 0 spiro atoms. The Bertz CT molecular complexity index is 405. The molecule has 106 valence electrons. The van der Waals surface area contributed by atoms with Crippen LogP contribution in [-0.2, 0) is 6.54 Å². The predicted molar refractivity (Wildman–Crippen MR) is 85.7 cm³/mol. The van der Waals surface area contributed by atoms with E-state index >= 15 is 0 Å². The first-order chi connectivity index (χ1) is 9.19. The first kappa shape index (κ1) is 15.3. The van der Waals surface area contributed by atoms with E-state index in [0.717, 1.165) is 29.1 Å². The Hall–Kier alpha value is -0.0900. The minimum absolute atomic E-state index is 0.657. The maximum Gasteiger partial charge on any atom is 0.0548 e. The van der Waals surface area contributed by atoms with Crippen LogP contribution in [-0.4, -0.2) is 30.6 Å². The van der Waals surface area contributed by atoms with Crippen molar-refractivity contribution < 1.29 is 0 Å². The van der Waals surface area contributed by atoms with E-state index in [-0.39, 0.29) is 0 Å². The van der Waals surface area contributed by atoms with E-state index in [1.165, 1.54) is 31.4 Å². The summed E-state index contributed by atoms with van der Waals surface area (Å²) >= 11 is 9.53. The lowest BCUT2D eigenvalue weighted by Gasteiger charge is -2.30. The van der Waals surface area contributed by atoms with Crippen LogP contribution in [0.3, 0.4) is 0 Å². The van der Waals surface area contributed by atoms with Gasteiger partial charge in [-0.1, -0.05) is 31.0 Å². The molecule has 1 aliphatic heterocycles. The van der Waals surface area contributed by atoms with Gasteiger partial charge in [0.05, 0.1) is 5.02 Å². The van der Waals surface area contributed by atoms with Crippen LogP contribution in [0.5, 0.6) is 0 Å². The third-order valence-electron chi connectivity index (χ3n) is 3.73. The Morgan fingerprint density at radius 3 is 2.89 bits per heavy atom. The molecule has 1 aliphatic rings. The smallest absolute Gasteiger partial charge is 0.0548 e. The first-order valence-electron chi connectivity index (χ1n) is 7.08. The summed E-state index contributed by atoms with van der Waals surface area (Å²) in [5.74, 6) is 0. The average Bonchev–Trinajstić information content (AvgIpc) is 2.43. The summed E-state index contributed by atoms with van der Waals surface area (Å²) in [6.45, 7) is 6.61. The van der Waals surface area contributed by atoms with Crippen molar-refractivity contribution in [2.24, 2.45) is 0 Å². The Balaban J connectivity index is 1.92. The third-order valence-corrected chi connectivity index (χ3v) is 4.94. The molecule has 2 rings (SSSR count). The highest BCUT2D eigenvalue weighted by atomic mass is 79.9. The molecule has 1 heterocycles. The van der Waals surface area contributed by atoms with E-state index in [4.69, 9.17) is 11.6 Å². The van der Waals surface area contributed by atoms with Gasteiger partial charge in [0, 0.05) is 23.6 Å². The Kier molecular flexibility index (Phi) is 6.14. The van der Waals surface area contributed by atoms with Crippen molar-refractivity contribution in [3.8, 4) is 0 Å². The second-order valence-corrected chi connectivity index (χ2v) is 6.48. The fourth-order valence-electron chi connectivity index (χ4n) is 2.59. The average molecular weight is 346 g/mol. The van der Waals surface area contributed by atoms with Crippen molar-refractivity contribution in [2.75, 3.05) is 19.6 Å². The summed E-state index contributed by atoms with van der Waals surface area (Å²) in [6, 6.07) is 6.86. The molecular formula is C15H22BrClN2. The van der Waals surface area contributed by atoms with Crippen molar-refractivity contribution in [3.63, 3.8) is 0 Å². The molecule has 1 aromatic rings. The molecule has 1 saturated heterocycles. The zero-order chi connectivity index (χ0) is 13.7. The van der Waals surface area contributed by atoms with Gasteiger partial charge in [0.1, 0.15) is 0 Å². The number of nitrogens with zero attached hydrogens (tertiary/aromatic N) is 1. The Labute approximate surface area is 129 Å². The van der Waals surface area contributed by atoms with Crippen LogP contribution in [0.2, 0.25) is 5.02 Å². The van der Waals surface area contributed by atoms with Crippen molar-refractivity contribution in [1.82, 2.24) is 10.2 Å². The second kappa shape index (κ2) is 7.63. The van der Waals surface area contributed by atoms with Crippen LogP contribution >= 0.6 is 27.5 Å². The highest BCUT2D eigenvalue weighted by Crippen LogP contribution is 2.24. The van der Waals surface area contributed by atoms with Crippen LogP contribution in [0.15, 0.2) is 22.7 Å². The van der Waals surface area contributed by atoms with Gasteiger partial charge in [0.15, 0.2) is 0 Å². The summed E-state index contributed by atoms with van der Waals surface area (Å²) in [6.07, 6.45) is 4.00. The first-order valence-corrected chi connectivity index (χ1v) is 8.26. The number of hydrogen-bond donors (Lipinski definition) is 1. The molecule has 19 heavy (non-hydrogen) atoms. The number of likely N-dealkylation sites (N-methyl/N-ethyl adjacent to an activating group) is 1. The van der Waals surface area contributed by atoms with E-state index < -0.39 is 0 Å². The summed E-state index contributed by atoms with van der Waals surface area (Å²) < 4.78 is 0.985. The standard InChI is InChI=1S/C15H22BrClN2/c1-2-19(11-13-5-3-4-8-18-13)10-12-6-7-15(17)14(16)9-12/h6-7,9,13,18H,2-5,8,10-11H2,1H3. The van der Waals surface area contributed by atoms with Gasteiger partial charge in [-0.25, -0.2) is 0 Å². The van der Waals surface area contributed by atoms with E-state index in [1.807, 2.05) is 6.07 Å². The number of rotatable bonds is 5. The molecule has 0 saturated carbocycles. The van der Waals surface area contributed by atoms with E-state index in [0.29, 0.717) is 6.04 Å². The highest BCUT2D eigenvalue weighted by molar-refractivity contribution is 9.10. The number of halogens is 2. The molecule has 1 fully saturated rings. The van der Waals surface area contributed by atoms with Gasteiger partial charge in [-0.2, -0.15) is 0 Å². The second-order valence-electron chi connectivity index (χ2n) is 5.22. The summed E-state index contributed by atoms with van der Waals surface area (Å²) in [5.41, 5.74) is 1.31. The van der Waals surface area contributed by atoms with Crippen molar-refractivity contribution in [1.29, 1.82) is 0 Å². The molecule has 1 atom stereocenters. The molecule has 0 amide bonds. The van der Waals surface area contributed by atoms with Gasteiger partial charge in [-0.3, -0.25) is 4.90 Å². The molecular weight excluding hydrogens is 324 g/mol. The molecule has 1 unspecified atom stereocenters. The highest BCUT2D eigenvalue weighted by Gasteiger charge is 2.16. The monoisotopic (exact) mass is 344 g/mol. The van der Waals surface area contributed by atoms with Crippen LogP contribution in [0.1, 0.15) is 31.7 Å². The van der Waals surface area contributed by atoms with Gasteiger partial charge < -0.3 is 5.32 Å². The molecule has 0 aliphatic carbocycles. The number of hydrogen-bond acceptors (Lipinski definition) is 2. The van der Waals surface area contributed by atoms with Crippen molar-refractivity contribution >= 4 is 27.5 Å². The van der Waals surface area contributed by atoms with Gasteiger partial charge in [-0.15, -0.1) is 0 Å². The van der Waals surface area contributed by atoms with Gasteiger partial charge in [0.25, 0.3) is 0 Å². The Morgan fingerprint density at radius 2 is 2.26 bits per heavy atom. The normalized spacial score (nSPS) is 19.9. The maximum atomic E-state index is 6.04. The van der Waals surface area contributed by atoms with Crippen LogP contribution < -0.4 is 5.32 Å². The van der Waals surface area contributed by atoms with E-state index in [9.17, 15) is 0 Å². The zero-order valence-corrected chi connectivity index (χ0v) is 13.8. The van der Waals surface area contributed by atoms with Gasteiger partial charge in [-0.05, 0) is 59.6 Å². The zero-order valence-electron chi connectivity index (χ0n) is 11.5. The quantitative estimate of drug-likeness (QED) is 0.865. The van der Waals surface area contributed by atoms with Gasteiger partial charge >= 0.3 is 0 Å². The van der Waals surface area contributed by atoms with E-state index in [2.05, 4.69) is 45.2 Å². The van der Waals surface area contributed by atoms with Gasteiger partial charge in [0.2, 0.25) is 0 Å². The minimum Gasteiger partial charge on any atom is -0.313 e. The lowest BCUT2D eigenvalue weighted by Crippen LogP contribution is -2.43. The topological polar surface area (TPSA) is 15.3 Å². The minimum atomic E-state index is 0.657. The van der Waals surface area contributed by atoms with Crippen LogP contribution in [0.25, 0.3) is 0 Å². The van der Waals surface area contributed by atoms with Crippen molar-refractivity contribution in [3.05, 3.63) is 33.3 Å². The fourth-order valence-corrected chi connectivity index (χ4v) is 3.14. The van der Waals surface area contributed by atoms with Crippen molar-refractivity contribution in [2.45, 2.75) is 38.8 Å². The maximum absolute atomic E-state index is 6.04. The largest absolute Gasteiger partial charge is 0.313 e. The van der Waals surface area contributed by atoms with Crippen LogP contribution in [0, 0.1) is 0 Å². The lowest BCUT2D eigenvalue weighted by atomic mass is 10.0. The third kappa shape index (κ3) is 4.75.